The van der Waals surface area contributed by atoms with E-state index in [1.165, 1.54) is 6.92 Å². The summed E-state index contributed by atoms with van der Waals surface area (Å²) in [6.07, 6.45) is -8.74. The Hall–Kier alpha value is -0.730. The SMILES string of the molecule is C[C@H](O)[C@H](O)[C@H](O)[C@H](O)[C@H](O)C(N)=O. The van der Waals surface area contributed by atoms with Gasteiger partial charge in [0.15, 0.2) is 6.10 Å². The maximum absolute atomic E-state index is 10.4. The fraction of sp³-hybridized carbons (Fsp3) is 0.857. The second-order valence-electron chi connectivity index (χ2n) is 3.06. The van der Waals surface area contributed by atoms with Crippen LogP contribution in [0.3, 0.4) is 0 Å². The second-order valence-corrected chi connectivity index (χ2v) is 3.06. The van der Waals surface area contributed by atoms with E-state index in [9.17, 15) is 4.79 Å². The van der Waals surface area contributed by atoms with E-state index >= 15 is 0 Å². The van der Waals surface area contributed by atoms with Crippen LogP contribution in [0.15, 0.2) is 0 Å². The average Bonchev–Trinajstić information content (AvgIpc) is 2.12. The number of carbonyl (C=O) groups is 1. The van der Waals surface area contributed by atoms with Gasteiger partial charge in [-0.25, -0.2) is 0 Å². The van der Waals surface area contributed by atoms with Crippen molar-refractivity contribution in [3.63, 3.8) is 0 Å². The zero-order chi connectivity index (χ0) is 11.5. The first-order valence-electron chi connectivity index (χ1n) is 3.98. The van der Waals surface area contributed by atoms with Crippen LogP contribution in [0.1, 0.15) is 6.92 Å². The highest BCUT2D eigenvalue weighted by molar-refractivity contribution is 5.79. The van der Waals surface area contributed by atoms with Gasteiger partial charge in [-0.3, -0.25) is 4.79 Å². The molecule has 84 valence electrons. The van der Waals surface area contributed by atoms with Crippen molar-refractivity contribution in [2.45, 2.75) is 37.4 Å². The van der Waals surface area contributed by atoms with Crippen molar-refractivity contribution < 1.29 is 30.3 Å². The van der Waals surface area contributed by atoms with Crippen molar-refractivity contribution in [3.05, 3.63) is 0 Å². The third kappa shape index (κ3) is 3.20. The Bertz CT molecular complexity index is 197. The third-order valence-electron chi connectivity index (χ3n) is 1.81. The molecule has 7 nitrogen and oxygen atoms in total. The topological polar surface area (TPSA) is 144 Å². The van der Waals surface area contributed by atoms with Gasteiger partial charge in [0.2, 0.25) is 5.91 Å². The van der Waals surface area contributed by atoms with Gasteiger partial charge in [-0.1, -0.05) is 0 Å². The molecule has 0 saturated heterocycles. The van der Waals surface area contributed by atoms with Gasteiger partial charge in [-0.15, -0.1) is 0 Å². The summed E-state index contributed by atoms with van der Waals surface area (Å²) in [6.45, 7) is 1.18. The minimum absolute atomic E-state index is 1.18. The predicted molar refractivity (Wildman–Crippen MR) is 44.9 cm³/mol. The van der Waals surface area contributed by atoms with E-state index in [2.05, 4.69) is 5.73 Å². The van der Waals surface area contributed by atoms with Crippen molar-refractivity contribution in [2.24, 2.45) is 5.73 Å². The van der Waals surface area contributed by atoms with E-state index in [-0.39, 0.29) is 0 Å². The fourth-order valence-electron chi connectivity index (χ4n) is 0.842. The summed E-state index contributed by atoms with van der Waals surface area (Å²) in [7, 11) is 0. The van der Waals surface area contributed by atoms with E-state index in [0.717, 1.165) is 0 Å². The smallest absolute Gasteiger partial charge is 0.249 e. The zero-order valence-electron chi connectivity index (χ0n) is 7.61. The molecular formula is C7H15NO6. The van der Waals surface area contributed by atoms with E-state index in [0.29, 0.717) is 0 Å². The highest BCUT2D eigenvalue weighted by Gasteiger charge is 2.34. The number of carbonyl (C=O) groups excluding carboxylic acids is 1. The molecule has 0 spiro atoms. The van der Waals surface area contributed by atoms with Gasteiger partial charge in [-0.05, 0) is 6.92 Å². The van der Waals surface area contributed by atoms with Gasteiger partial charge >= 0.3 is 0 Å². The number of hydrogen-bond donors (Lipinski definition) is 6. The maximum Gasteiger partial charge on any atom is 0.249 e. The number of nitrogens with two attached hydrogens (primary N) is 1. The number of primary amides is 1. The predicted octanol–water partition coefficient (Wildman–Crippen LogP) is -3.70. The fourth-order valence-corrected chi connectivity index (χ4v) is 0.842. The highest BCUT2D eigenvalue weighted by Crippen LogP contribution is 2.07. The van der Waals surface area contributed by atoms with Crippen LogP contribution in [0.25, 0.3) is 0 Å². The van der Waals surface area contributed by atoms with Crippen molar-refractivity contribution in [2.75, 3.05) is 0 Å². The Balaban J connectivity index is 4.37. The summed E-state index contributed by atoms with van der Waals surface area (Å²) < 4.78 is 0. The molecule has 0 aliphatic heterocycles. The van der Waals surface area contributed by atoms with E-state index in [1.54, 1.807) is 0 Å². The second kappa shape index (κ2) is 5.23. The first-order chi connectivity index (χ1) is 6.29. The molecule has 0 aliphatic rings. The third-order valence-corrected chi connectivity index (χ3v) is 1.81. The van der Waals surface area contributed by atoms with Crippen molar-refractivity contribution in [1.29, 1.82) is 0 Å². The number of aliphatic hydroxyl groups excluding tert-OH is 5. The summed E-state index contributed by atoms with van der Waals surface area (Å²) in [5.74, 6) is -1.23. The quantitative estimate of drug-likeness (QED) is 0.275. The van der Waals surface area contributed by atoms with E-state index in [1.807, 2.05) is 0 Å². The lowest BCUT2D eigenvalue weighted by molar-refractivity contribution is -0.150. The largest absolute Gasteiger partial charge is 0.391 e. The molecular weight excluding hydrogens is 194 g/mol. The molecule has 0 aromatic carbocycles. The average molecular weight is 209 g/mol. The van der Waals surface area contributed by atoms with Gasteiger partial charge < -0.3 is 31.3 Å². The Morgan fingerprint density at radius 3 is 1.71 bits per heavy atom. The molecule has 0 aliphatic carbocycles. The molecule has 0 fully saturated rings. The molecule has 7 N–H and O–H groups in total. The molecule has 0 saturated carbocycles. The highest BCUT2D eigenvalue weighted by atomic mass is 16.4. The van der Waals surface area contributed by atoms with Crippen molar-refractivity contribution >= 4 is 5.91 Å². The van der Waals surface area contributed by atoms with Gasteiger partial charge in [0.25, 0.3) is 0 Å². The minimum atomic E-state index is -1.99. The van der Waals surface area contributed by atoms with Crippen LogP contribution in [0.4, 0.5) is 0 Å². The molecule has 0 rings (SSSR count). The molecule has 0 unspecified atom stereocenters. The lowest BCUT2D eigenvalue weighted by Crippen LogP contribution is -2.52. The minimum Gasteiger partial charge on any atom is -0.391 e. The lowest BCUT2D eigenvalue weighted by Gasteiger charge is -2.26. The first-order valence-corrected chi connectivity index (χ1v) is 3.98. The maximum atomic E-state index is 10.4. The van der Waals surface area contributed by atoms with Crippen LogP contribution in [0.2, 0.25) is 0 Å². The monoisotopic (exact) mass is 209 g/mol. The van der Waals surface area contributed by atoms with Gasteiger partial charge in [0, 0.05) is 0 Å². The van der Waals surface area contributed by atoms with Crippen LogP contribution >= 0.6 is 0 Å². The van der Waals surface area contributed by atoms with E-state index < -0.39 is 36.4 Å². The van der Waals surface area contributed by atoms with Crippen LogP contribution in [-0.2, 0) is 4.79 Å². The molecule has 7 heteroatoms. The summed E-state index contributed by atoms with van der Waals surface area (Å²) in [6, 6.07) is 0. The van der Waals surface area contributed by atoms with Gasteiger partial charge in [0.05, 0.1) is 6.10 Å². The summed E-state index contributed by atoms with van der Waals surface area (Å²) >= 11 is 0. The zero-order valence-corrected chi connectivity index (χ0v) is 7.61. The first kappa shape index (κ1) is 13.3. The summed E-state index contributed by atoms with van der Waals surface area (Å²) in [5, 5.41) is 45.1. The Morgan fingerprint density at radius 1 is 1.00 bits per heavy atom. The van der Waals surface area contributed by atoms with Crippen LogP contribution in [0, 0.1) is 0 Å². The Kier molecular flexibility index (Phi) is 4.95. The van der Waals surface area contributed by atoms with Crippen LogP contribution in [0.5, 0.6) is 0 Å². The number of hydrogen-bond acceptors (Lipinski definition) is 6. The lowest BCUT2D eigenvalue weighted by atomic mass is 10.00. The van der Waals surface area contributed by atoms with E-state index in [4.69, 9.17) is 25.5 Å². The Morgan fingerprint density at radius 2 is 1.43 bits per heavy atom. The normalized spacial score (nSPS) is 22.1. The number of amides is 1. The molecule has 0 heterocycles. The van der Waals surface area contributed by atoms with Crippen molar-refractivity contribution in [1.82, 2.24) is 0 Å². The van der Waals surface area contributed by atoms with Crippen LogP contribution in [-0.4, -0.2) is 62.0 Å². The molecule has 0 bridgehead atoms. The molecule has 0 aromatic rings. The molecule has 0 radical (unpaired) electrons. The summed E-state index contributed by atoms with van der Waals surface area (Å²) in [4.78, 5) is 10.4. The van der Waals surface area contributed by atoms with Crippen LogP contribution < -0.4 is 5.73 Å². The molecule has 14 heavy (non-hydrogen) atoms. The molecule has 0 aromatic heterocycles. The number of rotatable bonds is 5. The molecule has 5 atom stereocenters. The number of aliphatic hydroxyl groups is 5. The van der Waals surface area contributed by atoms with Crippen molar-refractivity contribution in [3.8, 4) is 0 Å². The van der Waals surface area contributed by atoms with Gasteiger partial charge in [0.1, 0.15) is 18.3 Å². The standard InChI is InChI=1S/C7H15NO6/c1-2(9)3(10)4(11)5(12)6(13)7(8)14/h2-6,9-13H,1H3,(H2,8,14)/t2-,3-,4-,5-,6-/m0/s1. The Labute approximate surface area is 80.4 Å². The van der Waals surface area contributed by atoms with Gasteiger partial charge in [-0.2, -0.15) is 0 Å². The summed E-state index contributed by atoms with van der Waals surface area (Å²) in [5.41, 5.74) is 4.65. The molecule has 1 amide bonds.